The van der Waals surface area contributed by atoms with Crippen LogP contribution in [-0.4, -0.2) is 5.11 Å². The third-order valence-electron chi connectivity index (χ3n) is 2.35. The van der Waals surface area contributed by atoms with Crippen molar-refractivity contribution in [3.63, 3.8) is 0 Å². The molecule has 0 amide bonds. The minimum Gasteiger partial charge on any atom is -0.508 e. The number of aryl methyl sites for hydroxylation is 1. The van der Waals surface area contributed by atoms with Crippen molar-refractivity contribution in [3.05, 3.63) is 47.6 Å². The van der Waals surface area contributed by atoms with Crippen LogP contribution < -0.4 is 0 Å². The molecular weight excluding hydrogens is 208 g/mol. The summed E-state index contributed by atoms with van der Waals surface area (Å²) in [5.41, 5.74) is 3.51. The number of allylic oxidation sites excluding steroid dienone is 4. The molecule has 0 bridgehead atoms. The first kappa shape index (κ1) is 15.5. The maximum atomic E-state index is 9.30. The summed E-state index contributed by atoms with van der Waals surface area (Å²) in [6, 6.07) is 5.47. The molecule has 0 saturated carbocycles. The highest BCUT2D eigenvalue weighted by Gasteiger charge is 2.00. The van der Waals surface area contributed by atoms with Crippen LogP contribution in [0.15, 0.2) is 36.4 Å². The first-order valence-corrected chi connectivity index (χ1v) is 6.28. The SMILES string of the molecule is CC.CC/C=C/C=C(/C)c1ccc(O)cc1C. The van der Waals surface area contributed by atoms with Crippen molar-refractivity contribution in [2.75, 3.05) is 0 Å². The van der Waals surface area contributed by atoms with Gasteiger partial charge >= 0.3 is 0 Å². The number of benzene rings is 1. The van der Waals surface area contributed by atoms with Gasteiger partial charge in [0.2, 0.25) is 0 Å². The van der Waals surface area contributed by atoms with Crippen molar-refractivity contribution in [3.8, 4) is 5.75 Å². The molecule has 94 valence electrons. The highest BCUT2D eigenvalue weighted by Crippen LogP contribution is 2.22. The normalized spacial score (nSPS) is 11.2. The molecule has 0 aliphatic rings. The summed E-state index contributed by atoms with van der Waals surface area (Å²) >= 11 is 0. The lowest BCUT2D eigenvalue weighted by molar-refractivity contribution is 0.475. The molecule has 0 heterocycles. The molecule has 1 aromatic rings. The van der Waals surface area contributed by atoms with Crippen molar-refractivity contribution in [2.24, 2.45) is 0 Å². The van der Waals surface area contributed by atoms with E-state index in [0.717, 1.165) is 12.0 Å². The molecule has 0 radical (unpaired) electrons. The maximum Gasteiger partial charge on any atom is 0.115 e. The fourth-order valence-electron chi connectivity index (χ4n) is 1.53. The van der Waals surface area contributed by atoms with E-state index in [1.54, 1.807) is 12.1 Å². The van der Waals surface area contributed by atoms with E-state index in [2.05, 4.69) is 32.1 Å². The minimum atomic E-state index is 0.327. The van der Waals surface area contributed by atoms with Crippen LogP contribution in [0, 0.1) is 6.92 Å². The Morgan fingerprint density at radius 1 is 1.29 bits per heavy atom. The molecule has 0 fully saturated rings. The van der Waals surface area contributed by atoms with Gasteiger partial charge in [-0.3, -0.25) is 0 Å². The van der Waals surface area contributed by atoms with Gasteiger partial charge in [-0.25, -0.2) is 0 Å². The maximum absolute atomic E-state index is 9.30. The summed E-state index contributed by atoms with van der Waals surface area (Å²) < 4.78 is 0. The molecule has 17 heavy (non-hydrogen) atoms. The summed E-state index contributed by atoms with van der Waals surface area (Å²) in [5.74, 6) is 0.327. The molecule has 0 spiro atoms. The zero-order valence-corrected chi connectivity index (χ0v) is 11.6. The monoisotopic (exact) mass is 232 g/mol. The summed E-state index contributed by atoms with van der Waals surface area (Å²) in [6.45, 7) is 10.2. The van der Waals surface area contributed by atoms with Crippen molar-refractivity contribution in [1.29, 1.82) is 0 Å². The minimum absolute atomic E-state index is 0.327. The zero-order valence-electron chi connectivity index (χ0n) is 11.6. The van der Waals surface area contributed by atoms with Gasteiger partial charge in [-0.2, -0.15) is 0 Å². The van der Waals surface area contributed by atoms with Gasteiger partial charge in [0.05, 0.1) is 0 Å². The second-order valence-corrected chi connectivity index (χ2v) is 3.69. The van der Waals surface area contributed by atoms with E-state index in [4.69, 9.17) is 0 Å². The molecule has 0 atom stereocenters. The molecule has 0 aliphatic carbocycles. The molecule has 1 rings (SSSR count). The van der Waals surface area contributed by atoms with E-state index in [-0.39, 0.29) is 0 Å². The molecule has 1 nitrogen and oxygen atoms in total. The summed E-state index contributed by atoms with van der Waals surface area (Å²) in [4.78, 5) is 0. The lowest BCUT2D eigenvalue weighted by atomic mass is 10.0. The van der Waals surface area contributed by atoms with E-state index in [9.17, 15) is 5.11 Å². The van der Waals surface area contributed by atoms with E-state index in [1.807, 2.05) is 26.8 Å². The number of phenolic OH excluding ortho intramolecular Hbond substituents is 1. The number of aromatic hydroxyl groups is 1. The third-order valence-corrected chi connectivity index (χ3v) is 2.35. The van der Waals surface area contributed by atoms with Gasteiger partial charge in [0.1, 0.15) is 5.75 Å². The fraction of sp³-hybridized carbons (Fsp3) is 0.375. The number of rotatable bonds is 3. The van der Waals surface area contributed by atoms with Crippen LogP contribution in [-0.2, 0) is 0 Å². The summed E-state index contributed by atoms with van der Waals surface area (Å²) in [5, 5.41) is 9.30. The molecular formula is C16H24O. The highest BCUT2D eigenvalue weighted by molar-refractivity contribution is 5.68. The Hall–Kier alpha value is -1.50. The lowest BCUT2D eigenvalue weighted by Gasteiger charge is -2.05. The van der Waals surface area contributed by atoms with Crippen LogP contribution in [0.25, 0.3) is 5.57 Å². The van der Waals surface area contributed by atoms with Gasteiger partial charge in [-0.15, -0.1) is 0 Å². The van der Waals surface area contributed by atoms with Crippen LogP contribution in [0.3, 0.4) is 0 Å². The van der Waals surface area contributed by atoms with Gasteiger partial charge in [-0.05, 0) is 49.1 Å². The average Bonchev–Trinajstić information content (AvgIpc) is 2.31. The van der Waals surface area contributed by atoms with E-state index in [1.165, 1.54) is 11.1 Å². The molecule has 1 aromatic carbocycles. The van der Waals surface area contributed by atoms with Crippen LogP contribution in [0.1, 0.15) is 45.2 Å². The average molecular weight is 232 g/mol. The molecule has 0 saturated heterocycles. The molecule has 1 N–H and O–H groups in total. The Labute approximate surface area is 106 Å². The quantitative estimate of drug-likeness (QED) is 0.719. The second-order valence-electron chi connectivity index (χ2n) is 3.69. The summed E-state index contributed by atoms with van der Waals surface area (Å²) in [6.07, 6.45) is 7.35. The van der Waals surface area contributed by atoms with Crippen molar-refractivity contribution in [2.45, 2.75) is 41.0 Å². The smallest absolute Gasteiger partial charge is 0.115 e. The Morgan fingerprint density at radius 3 is 2.47 bits per heavy atom. The Morgan fingerprint density at radius 2 is 1.94 bits per heavy atom. The van der Waals surface area contributed by atoms with Crippen molar-refractivity contribution in [1.82, 2.24) is 0 Å². The largest absolute Gasteiger partial charge is 0.508 e. The molecule has 1 heteroatoms. The number of phenols is 1. The predicted octanol–water partition coefficient (Wildman–Crippen LogP) is 5.10. The van der Waals surface area contributed by atoms with E-state index in [0.29, 0.717) is 5.75 Å². The Balaban J connectivity index is 0.00000121. The molecule has 0 aromatic heterocycles. The number of hydrogen-bond donors (Lipinski definition) is 1. The van der Waals surface area contributed by atoms with Crippen LogP contribution >= 0.6 is 0 Å². The standard InChI is InChI=1S/C14H18O.C2H6/c1-4-5-6-7-11(2)14-9-8-13(15)10-12(14)3;1-2/h5-10,15H,4H2,1-3H3;1-2H3/b6-5+,11-7-;. The first-order valence-electron chi connectivity index (χ1n) is 6.28. The third kappa shape index (κ3) is 5.39. The Kier molecular flexibility index (Phi) is 7.87. The van der Waals surface area contributed by atoms with Crippen LogP contribution in [0.4, 0.5) is 0 Å². The van der Waals surface area contributed by atoms with Gasteiger partial charge in [0.15, 0.2) is 0 Å². The van der Waals surface area contributed by atoms with Gasteiger partial charge in [-0.1, -0.05) is 45.1 Å². The number of hydrogen-bond acceptors (Lipinski definition) is 1. The topological polar surface area (TPSA) is 20.2 Å². The highest BCUT2D eigenvalue weighted by atomic mass is 16.3. The first-order chi connectivity index (χ1) is 8.15. The fourth-order valence-corrected chi connectivity index (χ4v) is 1.53. The van der Waals surface area contributed by atoms with Crippen LogP contribution in [0.5, 0.6) is 5.75 Å². The Bertz CT molecular complexity index is 387. The summed E-state index contributed by atoms with van der Waals surface area (Å²) in [7, 11) is 0. The molecule has 0 unspecified atom stereocenters. The lowest BCUT2D eigenvalue weighted by Crippen LogP contribution is -1.84. The van der Waals surface area contributed by atoms with E-state index < -0.39 is 0 Å². The van der Waals surface area contributed by atoms with Crippen molar-refractivity contribution >= 4 is 5.57 Å². The van der Waals surface area contributed by atoms with E-state index >= 15 is 0 Å². The predicted molar refractivity (Wildman–Crippen MR) is 77.3 cm³/mol. The van der Waals surface area contributed by atoms with Crippen LogP contribution in [0.2, 0.25) is 0 Å². The van der Waals surface area contributed by atoms with Crippen molar-refractivity contribution < 1.29 is 5.11 Å². The van der Waals surface area contributed by atoms with Gasteiger partial charge in [0.25, 0.3) is 0 Å². The second kappa shape index (κ2) is 8.63. The van der Waals surface area contributed by atoms with Gasteiger partial charge < -0.3 is 5.11 Å². The van der Waals surface area contributed by atoms with Gasteiger partial charge in [0, 0.05) is 0 Å². The zero-order chi connectivity index (χ0) is 13.3. The molecule has 0 aliphatic heterocycles.